The average molecular weight is 307 g/mol. The van der Waals surface area contributed by atoms with Crippen LogP contribution >= 0.6 is 0 Å². The van der Waals surface area contributed by atoms with E-state index >= 15 is 0 Å². The first-order valence-electron chi connectivity index (χ1n) is 7.17. The van der Waals surface area contributed by atoms with E-state index in [-0.39, 0.29) is 6.04 Å². The summed E-state index contributed by atoms with van der Waals surface area (Å²) in [7, 11) is 0. The SMILES string of the molecule is CCOc1ccc2c(c1)CC(c1ccc(C(F)(F)F)cc1)N2. The molecule has 22 heavy (non-hydrogen) atoms. The van der Waals surface area contributed by atoms with Crippen LogP contribution in [0.4, 0.5) is 18.9 Å². The zero-order valence-corrected chi connectivity index (χ0v) is 12.1. The van der Waals surface area contributed by atoms with E-state index in [1.807, 2.05) is 25.1 Å². The van der Waals surface area contributed by atoms with Gasteiger partial charge in [-0.3, -0.25) is 0 Å². The van der Waals surface area contributed by atoms with Crippen molar-refractivity contribution in [1.29, 1.82) is 0 Å². The van der Waals surface area contributed by atoms with Crippen molar-refractivity contribution in [3.05, 3.63) is 59.2 Å². The summed E-state index contributed by atoms with van der Waals surface area (Å²) in [5, 5.41) is 3.34. The predicted octanol–water partition coefficient (Wildman–Crippen LogP) is 4.81. The Bertz CT molecular complexity index is 665. The lowest BCUT2D eigenvalue weighted by molar-refractivity contribution is -0.137. The molecule has 1 aliphatic rings. The first kappa shape index (κ1) is 14.8. The van der Waals surface area contributed by atoms with E-state index in [2.05, 4.69) is 5.32 Å². The standard InChI is InChI=1S/C17H16F3NO/c1-2-22-14-7-8-15-12(9-14)10-16(21-15)11-3-5-13(6-4-11)17(18,19)20/h3-9,16,21H,2,10H2,1H3. The maximum Gasteiger partial charge on any atom is 0.416 e. The Morgan fingerprint density at radius 1 is 1.14 bits per heavy atom. The number of rotatable bonds is 3. The predicted molar refractivity (Wildman–Crippen MR) is 79.1 cm³/mol. The van der Waals surface area contributed by atoms with Crippen LogP contribution in [0.15, 0.2) is 42.5 Å². The van der Waals surface area contributed by atoms with Crippen LogP contribution in [-0.4, -0.2) is 6.61 Å². The number of fused-ring (bicyclic) bond motifs is 1. The molecule has 0 fully saturated rings. The molecule has 0 aromatic heterocycles. The molecule has 2 nitrogen and oxygen atoms in total. The summed E-state index contributed by atoms with van der Waals surface area (Å²) in [6, 6.07) is 11.2. The van der Waals surface area contributed by atoms with Crippen LogP contribution < -0.4 is 10.1 Å². The molecular weight excluding hydrogens is 291 g/mol. The van der Waals surface area contributed by atoms with Crippen molar-refractivity contribution < 1.29 is 17.9 Å². The van der Waals surface area contributed by atoms with Crippen molar-refractivity contribution in [1.82, 2.24) is 0 Å². The summed E-state index contributed by atoms with van der Waals surface area (Å²) in [5.41, 5.74) is 2.36. The molecule has 0 spiro atoms. The Labute approximate surface area is 126 Å². The van der Waals surface area contributed by atoms with E-state index in [9.17, 15) is 13.2 Å². The van der Waals surface area contributed by atoms with Crippen molar-refractivity contribution in [2.75, 3.05) is 11.9 Å². The number of halogens is 3. The summed E-state index contributed by atoms with van der Waals surface area (Å²) in [5.74, 6) is 0.816. The van der Waals surface area contributed by atoms with Gasteiger partial charge < -0.3 is 10.1 Å². The van der Waals surface area contributed by atoms with Crippen LogP contribution in [-0.2, 0) is 12.6 Å². The van der Waals surface area contributed by atoms with Gasteiger partial charge in [-0.25, -0.2) is 0 Å². The van der Waals surface area contributed by atoms with Crippen LogP contribution in [0.25, 0.3) is 0 Å². The van der Waals surface area contributed by atoms with Gasteiger partial charge in [-0.1, -0.05) is 12.1 Å². The molecule has 0 amide bonds. The Hall–Kier alpha value is -2.17. The number of anilines is 1. The van der Waals surface area contributed by atoms with Gasteiger partial charge in [0.1, 0.15) is 5.75 Å². The molecule has 0 saturated carbocycles. The molecule has 1 heterocycles. The molecule has 1 N–H and O–H groups in total. The third-order valence-electron chi connectivity index (χ3n) is 3.78. The van der Waals surface area contributed by atoms with Gasteiger partial charge in [0.2, 0.25) is 0 Å². The van der Waals surface area contributed by atoms with Crippen LogP contribution in [0, 0.1) is 0 Å². The number of nitrogens with one attached hydrogen (secondary N) is 1. The lowest BCUT2D eigenvalue weighted by Gasteiger charge is -2.13. The van der Waals surface area contributed by atoms with Crippen LogP contribution in [0.5, 0.6) is 5.75 Å². The third kappa shape index (κ3) is 2.89. The van der Waals surface area contributed by atoms with Crippen molar-refractivity contribution in [2.45, 2.75) is 25.6 Å². The second-order valence-electron chi connectivity index (χ2n) is 5.27. The van der Waals surface area contributed by atoms with Crippen LogP contribution in [0.1, 0.15) is 29.7 Å². The fourth-order valence-electron chi connectivity index (χ4n) is 2.70. The minimum absolute atomic E-state index is 0.00541. The molecular formula is C17H16F3NO. The fraction of sp³-hybridized carbons (Fsp3) is 0.294. The van der Waals surface area contributed by atoms with Crippen LogP contribution in [0.3, 0.4) is 0 Å². The van der Waals surface area contributed by atoms with E-state index in [0.29, 0.717) is 6.61 Å². The summed E-state index contributed by atoms with van der Waals surface area (Å²) in [4.78, 5) is 0. The molecule has 3 rings (SSSR count). The van der Waals surface area contributed by atoms with Gasteiger partial charge in [0.25, 0.3) is 0 Å². The normalized spacial score (nSPS) is 17.0. The number of hydrogen-bond donors (Lipinski definition) is 1. The minimum Gasteiger partial charge on any atom is -0.494 e. The summed E-state index contributed by atoms with van der Waals surface area (Å²) < 4.78 is 43.3. The van der Waals surface area contributed by atoms with Gasteiger partial charge in [0.05, 0.1) is 18.2 Å². The van der Waals surface area contributed by atoms with E-state index in [1.54, 1.807) is 0 Å². The quantitative estimate of drug-likeness (QED) is 0.878. The van der Waals surface area contributed by atoms with Crippen molar-refractivity contribution in [2.24, 2.45) is 0 Å². The van der Waals surface area contributed by atoms with E-state index < -0.39 is 11.7 Å². The molecule has 0 bridgehead atoms. The van der Waals surface area contributed by atoms with Gasteiger partial charge in [0, 0.05) is 5.69 Å². The monoisotopic (exact) mass is 307 g/mol. The molecule has 0 aliphatic carbocycles. The fourth-order valence-corrected chi connectivity index (χ4v) is 2.70. The molecule has 0 saturated heterocycles. The number of hydrogen-bond acceptors (Lipinski definition) is 2. The molecule has 1 aliphatic heterocycles. The Balaban J connectivity index is 1.78. The molecule has 1 unspecified atom stereocenters. The van der Waals surface area contributed by atoms with E-state index in [1.165, 1.54) is 12.1 Å². The first-order chi connectivity index (χ1) is 10.5. The van der Waals surface area contributed by atoms with Gasteiger partial charge in [-0.2, -0.15) is 13.2 Å². The lowest BCUT2D eigenvalue weighted by atomic mass is 10.0. The van der Waals surface area contributed by atoms with Crippen LogP contribution in [0.2, 0.25) is 0 Å². The summed E-state index contributed by atoms with van der Waals surface area (Å²) in [6.07, 6.45) is -3.56. The molecule has 2 aromatic carbocycles. The topological polar surface area (TPSA) is 21.3 Å². The highest BCUT2D eigenvalue weighted by Crippen LogP contribution is 2.37. The molecule has 5 heteroatoms. The smallest absolute Gasteiger partial charge is 0.416 e. The zero-order chi connectivity index (χ0) is 15.7. The Morgan fingerprint density at radius 3 is 2.50 bits per heavy atom. The van der Waals surface area contributed by atoms with Gasteiger partial charge in [-0.15, -0.1) is 0 Å². The second-order valence-corrected chi connectivity index (χ2v) is 5.27. The summed E-state index contributed by atoms with van der Waals surface area (Å²) >= 11 is 0. The molecule has 116 valence electrons. The maximum absolute atomic E-state index is 12.6. The molecule has 1 atom stereocenters. The number of ether oxygens (including phenoxy) is 1. The van der Waals surface area contributed by atoms with Gasteiger partial charge in [-0.05, 0) is 54.8 Å². The van der Waals surface area contributed by atoms with E-state index in [0.717, 1.165) is 41.1 Å². The van der Waals surface area contributed by atoms with E-state index in [4.69, 9.17) is 4.74 Å². The molecule has 0 radical (unpaired) electrons. The second kappa shape index (κ2) is 5.55. The van der Waals surface area contributed by atoms with Crippen molar-refractivity contribution >= 4 is 5.69 Å². The summed E-state index contributed by atoms with van der Waals surface area (Å²) in [6.45, 7) is 2.53. The highest BCUT2D eigenvalue weighted by atomic mass is 19.4. The minimum atomic E-state index is -4.29. The first-order valence-corrected chi connectivity index (χ1v) is 7.17. The van der Waals surface area contributed by atoms with Gasteiger partial charge >= 0.3 is 6.18 Å². The third-order valence-corrected chi connectivity index (χ3v) is 3.78. The average Bonchev–Trinajstić information content (AvgIpc) is 2.90. The number of benzene rings is 2. The van der Waals surface area contributed by atoms with Crippen molar-refractivity contribution in [3.8, 4) is 5.75 Å². The van der Waals surface area contributed by atoms with Gasteiger partial charge in [0.15, 0.2) is 0 Å². The molecule has 2 aromatic rings. The number of alkyl halides is 3. The highest BCUT2D eigenvalue weighted by Gasteiger charge is 2.30. The largest absolute Gasteiger partial charge is 0.494 e. The van der Waals surface area contributed by atoms with Crippen molar-refractivity contribution in [3.63, 3.8) is 0 Å². The Morgan fingerprint density at radius 2 is 1.86 bits per heavy atom. The zero-order valence-electron chi connectivity index (χ0n) is 12.1. The Kier molecular flexibility index (Phi) is 3.72. The highest BCUT2D eigenvalue weighted by molar-refractivity contribution is 5.60. The lowest BCUT2D eigenvalue weighted by Crippen LogP contribution is -2.08. The maximum atomic E-state index is 12.6.